The molecular weight excluding hydrogens is 264 g/mol. The van der Waals surface area contributed by atoms with Gasteiger partial charge in [0.1, 0.15) is 10.8 Å². The number of carbonyl (C=O) groups excluding carboxylic acids is 1. The maximum absolute atomic E-state index is 12.0. The summed E-state index contributed by atoms with van der Waals surface area (Å²) in [6, 6.07) is 9.51. The summed E-state index contributed by atoms with van der Waals surface area (Å²) in [6.07, 6.45) is 2.61. The normalized spacial score (nSPS) is 11.1. The minimum absolute atomic E-state index is 0.133. The van der Waals surface area contributed by atoms with E-state index in [4.69, 9.17) is 16.3 Å². The van der Waals surface area contributed by atoms with Gasteiger partial charge in [-0.2, -0.15) is 0 Å². The molecule has 4 nitrogen and oxygen atoms in total. The fraction of sp³-hybridized carbons (Fsp3) is 0.214. The highest BCUT2D eigenvalue weighted by atomic mass is 35.5. The first-order valence-electron chi connectivity index (χ1n) is 5.75. The fourth-order valence-corrected chi connectivity index (χ4v) is 1.70. The molecule has 0 atom stereocenters. The van der Waals surface area contributed by atoms with Crippen molar-refractivity contribution < 1.29 is 9.53 Å². The zero-order valence-corrected chi connectivity index (χ0v) is 11.4. The number of aromatic nitrogens is 2. The minimum Gasteiger partial charge on any atom is -0.450 e. The van der Waals surface area contributed by atoms with Gasteiger partial charge in [0.05, 0.1) is 12.4 Å². The number of nitrogens with zero attached hydrogens (tertiary/aromatic N) is 2. The number of ether oxygens (including phenoxy) is 1. The van der Waals surface area contributed by atoms with Gasteiger partial charge in [-0.3, -0.25) is 0 Å². The van der Waals surface area contributed by atoms with Crippen molar-refractivity contribution in [1.82, 2.24) is 9.97 Å². The van der Waals surface area contributed by atoms with E-state index in [1.807, 2.05) is 44.2 Å². The Kier molecular flexibility index (Phi) is 3.81. The van der Waals surface area contributed by atoms with Crippen LogP contribution in [-0.4, -0.2) is 15.9 Å². The summed E-state index contributed by atoms with van der Waals surface area (Å²) in [5, 5.41) is 0.235. The van der Waals surface area contributed by atoms with Crippen LogP contribution in [0.25, 0.3) is 0 Å². The van der Waals surface area contributed by atoms with Gasteiger partial charge in [0, 0.05) is 0 Å². The quantitative estimate of drug-likeness (QED) is 0.808. The number of hydrogen-bond donors (Lipinski definition) is 0. The molecular formula is C14H13ClN2O2. The number of benzene rings is 1. The Morgan fingerprint density at radius 1 is 1.16 bits per heavy atom. The average molecular weight is 277 g/mol. The van der Waals surface area contributed by atoms with E-state index in [1.165, 1.54) is 12.4 Å². The monoisotopic (exact) mass is 276 g/mol. The van der Waals surface area contributed by atoms with Crippen LogP contribution in [0, 0.1) is 0 Å². The standard InChI is InChI=1S/C14H13ClN2O2/c1-14(2,10-6-4-3-5-7-10)19-13(18)11-8-17-12(15)9-16-11/h3-9H,1-2H3. The van der Waals surface area contributed by atoms with Crippen LogP contribution < -0.4 is 0 Å². The molecule has 0 aliphatic heterocycles. The SMILES string of the molecule is CC(C)(OC(=O)c1cnc(Cl)cn1)c1ccccc1. The second-order valence-electron chi connectivity index (χ2n) is 4.49. The van der Waals surface area contributed by atoms with Crippen LogP contribution in [0.2, 0.25) is 5.15 Å². The molecule has 0 N–H and O–H groups in total. The third-order valence-electron chi connectivity index (χ3n) is 2.65. The molecule has 1 heterocycles. The first-order chi connectivity index (χ1) is 8.99. The van der Waals surface area contributed by atoms with Crippen LogP contribution in [0.3, 0.4) is 0 Å². The van der Waals surface area contributed by atoms with Gasteiger partial charge in [0.2, 0.25) is 0 Å². The van der Waals surface area contributed by atoms with E-state index >= 15 is 0 Å². The fourth-order valence-electron chi connectivity index (χ4n) is 1.60. The highest BCUT2D eigenvalue weighted by Gasteiger charge is 2.26. The third-order valence-corrected chi connectivity index (χ3v) is 2.84. The van der Waals surface area contributed by atoms with Gasteiger partial charge in [-0.25, -0.2) is 14.8 Å². The van der Waals surface area contributed by atoms with Gasteiger partial charge < -0.3 is 4.74 Å². The number of rotatable bonds is 3. The van der Waals surface area contributed by atoms with Gasteiger partial charge in [-0.15, -0.1) is 0 Å². The molecule has 0 saturated heterocycles. The molecule has 0 aliphatic carbocycles. The van der Waals surface area contributed by atoms with Crippen LogP contribution in [0.15, 0.2) is 42.7 Å². The summed E-state index contributed by atoms with van der Waals surface area (Å²) in [5.74, 6) is -0.530. The lowest BCUT2D eigenvalue weighted by Crippen LogP contribution is -2.26. The predicted molar refractivity (Wildman–Crippen MR) is 71.9 cm³/mol. The molecule has 2 aromatic rings. The lowest BCUT2D eigenvalue weighted by Gasteiger charge is -2.25. The molecule has 5 heteroatoms. The first-order valence-corrected chi connectivity index (χ1v) is 6.13. The Labute approximate surface area is 116 Å². The number of halogens is 1. The second-order valence-corrected chi connectivity index (χ2v) is 4.88. The predicted octanol–water partition coefficient (Wildman–Crippen LogP) is 3.22. The summed E-state index contributed by atoms with van der Waals surface area (Å²) >= 11 is 5.62. The van der Waals surface area contributed by atoms with Crippen molar-refractivity contribution in [1.29, 1.82) is 0 Å². The Balaban J connectivity index is 2.16. The van der Waals surface area contributed by atoms with Crippen LogP contribution in [-0.2, 0) is 10.3 Å². The Hall–Kier alpha value is -1.94. The molecule has 2 rings (SSSR count). The molecule has 0 amide bonds. The molecule has 98 valence electrons. The van der Waals surface area contributed by atoms with E-state index in [1.54, 1.807) is 0 Å². The molecule has 0 unspecified atom stereocenters. The van der Waals surface area contributed by atoms with Gasteiger partial charge >= 0.3 is 5.97 Å². The number of hydrogen-bond acceptors (Lipinski definition) is 4. The number of carbonyl (C=O) groups is 1. The lowest BCUT2D eigenvalue weighted by molar-refractivity contribution is -0.00382. The van der Waals surface area contributed by atoms with Crippen LogP contribution in [0.4, 0.5) is 0 Å². The molecule has 0 fully saturated rings. The molecule has 0 spiro atoms. The van der Waals surface area contributed by atoms with Crippen molar-refractivity contribution in [3.63, 3.8) is 0 Å². The van der Waals surface area contributed by atoms with E-state index in [-0.39, 0.29) is 10.8 Å². The Morgan fingerprint density at radius 3 is 2.42 bits per heavy atom. The smallest absolute Gasteiger partial charge is 0.359 e. The molecule has 0 bridgehead atoms. The molecule has 0 radical (unpaired) electrons. The van der Waals surface area contributed by atoms with Crippen molar-refractivity contribution >= 4 is 17.6 Å². The topological polar surface area (TPSA) is 52.1 Å². The molecule has 1 aromatic heterocycles. The summed E-state index contributed by atoms with van der Waals surface area (Å²) in [5.41, 5.74) is 0.304. The van der Waals surface area contributed by atoms with E-state index in [0.29, 0.717) is 0 Å². The third kappa shape index (κ3) is 3.29. The Morgan fingerprint density at radius 2 is 1.84 bits per heavy atom. The zero-order chi connectivity index (χ0) is 13.9. The van der Waals surface area contributed by atoms with Crippen LogP contribution in [0.5, 0.6) is 0 Å². The van der Waals surface area contributed by atoms with Gasteiger partial charge in [0.25, 0.3) is 0 Å². The van der Waals surface area contributed by atoms with Gasteiger partial charge in [-0.05, 0) is 19.4 Å². The second kappa shape index (κ2) is 5.36. The van der Waals surface area contributed by atoms with E-state index in [9.17, 15) is 4.79 Å². The summed E-state index contributed by atoms with van der Waals surface area (Å²) in [6.45, 7) is 3.65. The number of esters is 1. The summed E-state index contributed by atoms with van der Waals surface area (Å²) < 4.78 is 5.47. The maximum atomic E-state index is 12.0. The average Bonchev–Trinajstić information content (AvgIpc) is 2.40. The molecule has 0 saturated carbocycles. The molecule has 1 aromatic carbocycles. The molecule has 0 aliphatic rings. The van der Waals surface area contributed by atoms with Crippen molar-refractivity contribution in [3.8, 4) is 0 Å². The largest absolute Gasteiger partial charge is 0.450 e. The summed E-state index contributed by atoms with van der Waals surface area (Å²) in [7, 11) is 0. The molecule has 19 heavy (non-hydrogen) atoms. The van der Waals surface area contributed by atoms with E-state index < -0.39 is 11.6 Å². The van der Waals surface area contributed by atoms with Crippen molar-refractivity contribution in [2.75, 3.05) is 0 Å². The van der Waals surface area contributed by atoms with Crippen molar-refractivity contribution in [2.45, 2.75) is 19.4 Å². The van der Waals surface area contributed by atoms with E-state index in [2.05, 4.69) is 9.97 Å². The van der Waals surface area contributed by atoms with Gasteiger partial charge in [-0.1, -0.05) is 41.9 Å². The first kappa shape index (κ1) is 13.5. The van der Waals surface area contributed by atoms with Crippen LogP contribution in [0.1, 0.15) is 29.9 Å². The van der Waals surface area contributed by atoms with Crippen molar-refractivity contribution in [3.05, 3.63) is 59.1 Å². The summed E-state index contributed by atoms with van der Waals surface area (Å²) in [4.78, 5) is 19.7. The minimum atomic E-state index is -0.736. The van der Waals surface area contributed by atoms with Crippen molar-refractivity contribution in [2.24, 2.45) is 0 Å². The van der Waals surface area contributed by atoms with E-state index in [0.717, 1.165) is 5.56 Å². The Bertz CT molecular complexity index is 568. The highest BCUT2D eigenvalue weighted by Crippen LogP contribution is 2.25. The highest BCUT2D eigenvalue weighted by molar-refractivity contribution is 6.29. The lowest BCUT2D eigenvalue weighted by atomic mass is 9.98. The van der Waals surface area contributed by atoms with Gasteiger partial charge in [0.15, 0.2) is 5.69 Å². The zero-order valence-electron chi connectivity index (χ0n) is 10.6. The maximum Gasteiger partial charge on any atom is 0.359 e. The van der Waals surface area contributed by atoms with Crippen LogP contribution >= 0.6 is 11.6 Å².